The van der Waals surface area contributed by atoms with Crippen molar-refractivity contribution in [1.29, 1.82) is 0 Å². The van der Waals surface area contributed by atoms with Gasteiger partial charge >= 0.3 is 5.97 Å². The molecule has 2 amide bonds. The third-order valence-electron chi connectivity index (χ3n) is 6.38. The number of amides is 2. The Morgan fingerprint density at radius 2 is 1.65 bits per heavy atom. The highest BCUT2D eigenvalue weighted by molar-refractivity contribution is 6.08. The summed E-state index contributed by atoms with van der Waals surface area (Å²) >= 11 is 0. The number of hydrogen-bond donors (Lipinski definition) is 2. The average Bonchev–Trinajstić information content (AvgIpc) is 3.29. The minimum Gasteiger partial charge on any atom is -0.449 e. The molecule has 1 aliphatic carbocycles. The maximum atomic E-state index is 13.5. The molecule has 0 bridgehead atoms. The van der Waals surface area contributed by atoms with Crippen LogP contribution in [0.25, 0.3) is 22.6 Å². The molecule has 3 N–H and O–H groups in total. The van der Waals surface area contributed by atoms with E-state index in [4.69, 9.17) is 15.5 Å². The van der Waals surface area contributed by atoms with Crippen molar-refractivity contribution in [3.63, 3.8) is 0 Å². The summed E-state index contributed by atoms with van der Waals surface area (Å²) in [5.41, 5.74) is 10.9. The zero-order chi connectivity index (χ0) is 25.9. The standard InChI is InChI=1S/C30H25N3O4/c1-18(29(35)32-22-14-11-20(12-15-22)28(31)34)37-30(36)26-23-9-5-6-10-25(23)33-27-21(13-16-24(26)27)17-19-7-3-2-4-8-19/h2-12,14-15,17-18H,13,16H2,1H3,(H2,31,34)(H,32,35)/b21-17+. The molecular weight excluding hydrogens is 466 g/mol. The smallest absolute Gasteiger partial charge is 0.339 e. The molecule has 0 fully saturated rings. The van der Waals surface area contributed by atoms with Crippen LogP contribution in [0.3, 0.4) is 0 Å². The van der Waals surface area contributed by atoms with E-state index in [1.54, 1.807) is 12.1 Å². The lowest BCUT2D eigenvalue weighted by molar-refractivity contribution is -0.123. The maximum Gasteiger partial charge on any atom is 0.339 e. The van der Waals surface area contributed by atoms with Gasteiger partial charge in [-0.2, -0.15) is 0 Å². The van der Waals surface area contributed by atoms with Crippen LogP contribution in [0.5, 0.6) is 0 Å². The number of primary amides is 1. The van der Waals surface area contributed by atoms with Gasteiger partial charge in [-0.25, -0.2) is 9.78 Å². The number of nitrogens with zero attached hydrogens (tertiary/aromatic N) is 1. The molecule has 1 aliphatic rings. The van der Waals surface area contributed by atoms with Gasteiger partial charge in [0, 0.05) is 16.6 Å². The number of carbonyl (C=O) groups excluding carboxylic acids is 3. The molecule has 0 saturated heterocycles. The fraction of sp³-hybridized carbons (Fsp3) is 0.133. The number of fused-ring (bicyclic) bond motifs is 2. The first-order valence-corrected chi connectivity index (χ1v) is 12.0. The first-order chi connectivity index (χ1) is 17.9. The second kappa shape index (κ2) is 10.1. The summed E-state index contributed by atoms with van der Waals surface area (Å²) in [4.78, 5) is 42.4. The number of para-hydroxylation sites is 1. The fourth-order valence-corrected chi connectivity index (χ4v) is 4.50. The summed E-state index contributed by atoms with van der Waals surface area (Å²) in [5, 5.41) is 3.39. The predicted molar refractivity (Wildman–Crippen MR) is 143 cm³/mol. The molecule has 37 heavy (non-hydrogen) atoms. The van der Waals surface area contributed by atoms with E-state index in [0.29, 0.717) is 34.1 Å². The van der Waals surface area contributed by atoms with Gasteiger partial charge in [-0.3, -0.25) is 9.59 Å². The number of rotatable bonds is 6. The second-order valence-corrected chi connectivity index (χ2v) is 8.89. The summed E-state index contributed by atoms with van der Waals surface area (Å²) in [6.45, 7) is 1.52. The minimum atomic E-state index is -1.05. The molecule has 1 aromatic heterocycles. The largest absolute Gasteiger partial charge is 0.449 e. The van der Waals surface area contributed by atoms with E-state index in [0.717, 1.165) is 28.8 Å². The Kier molecular flexibility index (Phi) is 6.51. The number of allylic oxidation sites excluding steroid dienone is 1. The Morgan fingerprint density at radius 1 is 0.946 bits per heavy atom. The third-order valence-corrected chi connectivity index (χ3v) is 6.38. The Labute approximate surface area is 214 Å². The summed E-state index contributed by atoms with van der Waals surface area (Å²) in [6, 6.07) is 23.6. The fourth-order valence-electron chi connectivity index (χ4n) is 4.50. The van der Waals surface area contributed by atoms with Gasteiger partial charge in [0.15, 0.2) is 6.10 Å². The van der Waals surface area contributed by atoms with Crippen molar-refractivity contribution in [2.24, 2.45) is 5.73 Å². The number of anilines is 1. The van der Waals surface area contributed by atoms with Crippen LogP contribution in [0.4, 0.5) is 5.69 Å². The Balaban J connectivity index is 1.42. The van der Waals surface area contributed by atoms with Gasteiger partial charge in [0.2, 0.25) is 5.91 Å². The number of hydrogen-bond acceptors (Lipinski definition) is 5. The number of esters is 1. The molecule has 1 atom stereocenters. The van der Waals surface area contributed by atoms with Crippen LogP contribution in [0, 0.1) is 0 Å². The average molecular weight is 492 g/mol. The lowest BCUT2D eigenvalue weighted by Crippen LogP contribution is -2.30. The zero-order valence-corrected chi connectivity index (χ0v) is 20.2. The topological polar surface area (TPSA) is 111 Å². The van der Waals surface area contributed by atoms with Crippen molar-refractivity contribution < 1.29 is 19.1 Å². The first kappa shape index (κ1) is 23.9. The maximum absolute atomic E-state index is 13.5. The van der Waals surface area contributed by atoms with Gasteiger partial charge in [0.25, 0.3) is 5.91 Å². The van der Waals surface area contributed by atoms with E-state index in [1.165, 1.54) is 19.1 Å². The lowest BCUT2D eigenvalue weighted by atomic mass is 10.0. The molecular formula is C30H25N3O4. The van der Waals surface area contributed by atoms with Gasteiger partial charge in [0.05, 0.1) is 16.8 Å². The number of pyridine rings is 1. The Bertz CT molecular complexity index is 1540. The van der Waals surface area contributed by atoms with E-state index in [-0.39, 0.29) is 0 Å². The molecule has 3 aromatic carbocycles. The van der Waals surface area contributed by atoms with Crippen molar-refractivity contribution in [3.05, 3.63) is 107 Å². The van der Waals surface area contributed by atoms with Gasteiger partial charge in [-0.1, -0.05) is 48.5 Å². The molecule has 1 heterocycles. The number of benzene rings is 3. The summed E-state index contributed by atoms with van der Waals surface area (Å²) in [5.74, 6) is -1.61. The molecule has 0 aliphatic heterocycles. The Hall–Kier alpha value is -4.78. The molecule has 5 rings (SSSR count). The highest BCUT2D eigenvalue weighted by Crippen LogP contribution is 2.38. The summed E-state index contributed by atoms with van der Waals surface area (Å²) in [7, 11) is 0. The molecule has 0 spiro atoms. The molecule has 4 aromatic rings. The van der Waals surface area contributed by atoms with Gasteiger partial charge in [-0.15, -0.1) is 0 Å². The van der Waals surface area contributed by atoms with Crippen molar-refractivity contribution in [2.75, 3.05) is 5.32 Å². The van der Waals surface area contributed by atoms with Crippen LogP contribution in [0.1, 0.15) is 50.9 Å². The highest BCUT2D eigenvalue weighted by atomic mass is 16.5. The van der Waals surface area contributed by atoms with Crippen molar-refractivity contribution in [1.82, 2.24) is 4.98 Å². The molecule has 0 radical (unpaired) electrons. The highest BCUT2D eigenvalue weighted by Gasteiger charge is 2.29. The van der Waals surface area contributed by atoms with Crippen LogP contribution in [0.2, 0.25) is 0 Å². The third kappa shape index (κ3) is 4.97. The quantitative estimate of drug-likeness (QED) is 0.369. The van der Waals surface area contributed by atoms with Gasteiger partial charge in [0.1, 0.15) is 0 Å². The number of nitrogens with one attached hydrogen (secondary N) is 1. The summed E-state index contributed by atoms with van der Waals surface area (Å²) in [6.07, 6.45) is 2.46. The monoisotopic (exact) mass is 491 g/mol. The van der Waals surface area contributed by atoms with E-state index in [9.17, 15) is 14.4 Å². The number of aromatic nitrogens is 1. The molecule has 7 nitrogen and oxygen atoms in total. The molecule has 0 saturated carbocycles. The second-order valence-electron chi connectivity index (χ2n) is 8.89. The molecule has 7 heteroatoms. The zero-order valence-electron chi connectivity index (χ0n) is 20.2. The van der Waals surface area contributed by atoms with E-state index in [1.807, 2.05) is 54.6 Å². The van der Waals surface area contributed by atoms with Crippen LogP contribution in [-0.4, -0.2) is 28.9 Å². The first-order valence-electron chi connectivity index (χ1n) is 12.0. The van der Waals surface area contributed by atoms with Crippen LogP contribution < -0.4 is 11.1 Å². The molecule has 1 unspecified atom stereocenters. The predicted octanol–water partition coefficient (Wildman–Crippen LogP) is 5.00. The van der Waals surface area contributed by atoms with Crippen LogP contribution in [0.15, 0.2) is 78.9 Å². The molecule has 184 valence electrons. The SMILES string of the molecule is CC(OC(=O)c1c2c(nc3ccccc13)/C(=C/c1ccccc1)CC2)C(=O)Nc1ccc(C(N)=O)cc1. The lowest BCUT2D eigenvalue weighted by Gasteiger charge is -2.16. The number of ether oxygens (including phenoxy) is 1. The van der Waals surface area contributed by atoms with E-state index < -0.39 is 23.9 Å². The van der Waals surface area contributed by atoms with Gasteiger partial charge in [-0.05, 0) is 72.9 Å². The van der Waals surface area contributed by atoms with E-state index >= 15 is 0 Å². The van der Waals surface area contributed by atoms with Crippen molar-refractivity contribution in [2.45, 2.75) is 25.9 Å². The van der Waals surface area contributed by atoms with Crippen LogP contribution >= 0.6 is 0 Å². The Morgan fingerprint density at radius 3 is 2.38 bits per heavy atom. The van der Waals surface area contributed by atoms with Crippen LogP contribution in [-0.2, 0) is 16.0 Å². The van der Waals surface area contributed by atoms with Crippen molar-refractivity contribution >= 4 is 46.0 Å². The minimum absolute atomic E-state index is 0.330. The van der Waals surface area contributed by atoms with Crippen molar-refractivity contribution in [3.8, 4) is 0 Å². The number of carbonyl (C=O) groups is 3. The van der Waals surface area contributed by atoms with E-state index in [2.05, 4.69) is 11.4 Å². The number of nitrogens with two attached hydrogens (primary N) is 1. The normalized spacial score (nSPS) is 14.2. The van der Waals surface area contributed by atoms with Gasteiger partial charge < -0.3 is 15.8 Å². The summed E-state index contributed by atoms with van der Waals surface area (Å²) < 4.78 is 5.65.